The molecule has 1 atom stereocenters. The Morgan fingerprint density at radius 1 is 1.44 bits per heavy atom. The smallest absolute Gasteiger partial charge is 0.132 e. The largest absolute Gasteiger partial charge is 0.506 e. The Bertz CT molecular complexity index is 383. The van der Waals surface area contributed by atoms with Gasteiger partial charge in [-0.25, -0.2) is 0 Å². The minimum absolute atomic E-state index is 0.424. The van der Waals surface area contributed by atoms with Crippen LogP contribution in [0.5, 0.6) is 5.75 Å². The van der Waals surface area contributed by atoms with E-state index >= 15 is 0 Å². The van der Waals surface area contributed by atoms with Gasteiger partial charge < -0.3 is 5.11 Å². The third-order valence-corrected chi connectivity index (χ3v) is 3.89. The van der Waals surface area contributed by atoms with Gasteiger partial charge in [-0.15, -0.1) is 0 Å². The van der Waals surface area contributed by atoms with Gasteiger partial charge in [-0.2, -0.15) is 0 Å². The van der Waals surface area contributed by atoms with Crippen molar-refractivity contribution < 1.29 is 5.11 Å². The van der Waals surface area contributed by atoms with Crippen molar-refractivity contribution in [2.45, 2.75) is 39.5 Å². The van der Waals surface area contributed by atoms with Crippen LogP contribution in [0.1, 0.15) is 37.3 Å². The first-order chi connectivity index (χ1) is 7.56. The maximum atomic E-state index is 9.97. The molecule has 0 heterocycles. The molecule has 0 radical (unpaired) electrons. The fourth-order valence-corrected chi connectivity index (χ4v) is 2.96. The summed E-state index contributed by atoms with van der Waals surface area (Å²) in [5, 5.41) is 9.97. The second-order valence-electron chi connectivity index (χ2n) is 5.24. The highest BCUT2D eigenvalue weighted by molar-refractivity contribution is 9.10. The molecule has 88 valence electrons. The molecule has 2 heteroatoms. The molecule has 0 amide bonds. The topological polar surface area (TPSA) is 20.2 Å². The lowest BCUT2D eigenvalue weighted by Crippen LogP contribution is -2.01. The van der Waals surface area contributed by atoms with Crippen LogP contribution in [-0.4, -0.2) is 5.11 Å². The molecule has 0 aromatic heterocycles. The Labute approximate surface area is 106 Å². The zero-order chi connectivity index (χ0) is 11.7. The summed E-state index contributed by atoms with van der Waals surface area (Å²) in [6.07, 6.45) is 5.12. The third-order valence-electron chi connectivity index (χ3n) is 3.29. The van der Waals surface area contributed by atoms with Gasteiger partial charge in [0.05, 0.1) is 4.47 Å². The first-order valence-electron chi connectivity index (χ1n) is 6.04. The van der Waals surface area contributed by atoms with Crippen molar-refractivity contribution in [1.82, 2.24) is 0 Å². The van der Waals surface area contributed by atoms with Gasteiger partial charge in [0.25, 0.3) is 0 Å². The normalized spacial score (nSPS) is 17.4. The highest BCUT2D eigenvalue weighted by Crippen LogP contribution is 2.37. The van der Waals surface area contributed by atoms with Crippen LogP contribution in [0.3, 0.4) is 0 Å². The number of aryl methyl sites for hydroxylation is 1. The van der Waals surface area contributed by atoms with Crippen molar-refractivity contribution in [2.75, 3.05) is 0 Å². The van der Waals surface area contributed by atoms with Crippen LogP contribution in [0.25, 0.3) is 0 Å². The first-order valence-corrected chi connectivity index (χ1v) is 6.83. The number of benzene rings is 1. The van der Waals surface area contributed by atoms with E-state index in [9.17, 15) is 5.11 Å². The number of halogens is 1. The number of phenolic OH excluding ortho intramolecular Hbond substituents is 1. The molecule has 1 aromatic rings. The lowest BCUT2D eigenvalue weighted by Gasteiger charge is -2.13. The molecule has 1 unspecified atom stereocenters. The van der Waals surface area contributed by atoms with Crippen LogP contribution < -0.4 is 0 Å². The average Bonchev–Trinajstić information content (AvgIpc) is 2.97. The number of rotatable bonds is 4. The Morgan fingerprint density at radius 2 is 2.12 bits per heavy atom. The van der Waals surface area contributed by atoms with Crippen LogP contribution in [0.15, 0.2) is 16.6 Å². The van der Waals surface area contributed by atoms with E-state index in [4.69, 9.17) is 0 Å². The molecule has 1 aliphatic rings. The van der Waals surface area contributed by atoms with Gasteiger partial charge in [-0.05, 0) is 64.7 Å². The fraction of sp³-hybridized carbons (Fsp3) is 0.571. The molecule has 0 aliphatic heterocycles. The van der Waals surface area contributed by atoms with Crippen molar-refractivity contribution in [3.63, 3.8) is 0 Å². The van der Waals surface area contributed by atoms with Gasteiger partial charge in [0.2, 0.25) is 0 Å². The number of hydrogen-bond donors (Lipinski definition) is 1. The van der Waals surface area contributed by atoms with Crippen molar-refractivity contribution in [3.05, 3.63) is 27.7 Å². The summed E-state index contributed by atoms with van der Waals surface area (Å²) in [5.74, 6) is 2.06. The second-order valence-corrected chi connectivity index (χ2v) is 6.10. The predicted octanol–water partition coefficient (Wildman–Crippen LogP) is 4.44. The van der Waals surface area contributed by atoms with Crippen molar-refractivity contribution in [1.29, 1.82) is 0 Å². The molecule has 1 aliphatic carbocycles. The molecular weight excluding hydrogens is 264 g/mol. The van der Waals surface area contributed by atoms with Gasteiger partial charge in [0.1, 0.15) is 5.75 Å². The second kappa shape index (κ2) is 4.79. The molecule has 1 N–H and O–H groups in total. The molecule has 0 bridgehead atoms. The van der Waals surface area contributed by atoms with Crippen LogP contribution in [0.4, 0.5) is 0 Å². The van der Waals surface area contributed by atoms with Crippen molar-refractivity contribution in [2.24, 2.45) is 11.8 Å². The van der Waals surface area contributed by atoms with E-state index in [0.717, 1.165) is 22.4 Å². The molecule has 16 heavy (non-hydrogen) atoms. The Morgan fingerprint density at radius 3 is 2.75 bits per heavy atom. The summed E-state index contributed by atoms with van der Waals surface area (Å²) in [7, 11) is 0. The van der Waals surface area contributed by atoms with Gasteiger partial charge in [0.15, 0.2) is 0 Å². The monoisotopic (exact) mass is 282 g/mol. The molecule has 1 fully saturated rings. The molecule has 2 rings (SSSR count). The summed E-state index contributed by atoms with van der Waals surface area (Å²) < 4.78 is 0.820. The lowest BCUT2D eigenvalue weighted by molar-refractivity contribution is 0.444. The molecule has 0 saturated heterocycles. The predicted molar refractivity (Wildman–Crippen MR) is 70.8 cm³/mol. The zero-order valence-corrected chi connectivity index (χ0v) is 11.5. The maximum absolute atomic E-state index is 9.97. The van der Waals surface area contributed by atoms with Gasteiger partial charge >= 0.3 is 0 Å². The third kappa shape index (κ3) is 3.00. The highest BCUT2D eigenvalue weighted by atomic mass is 79.9. The Hall–Kier alpha value is -0.500. The van der Waals surface area contributed by atoms with Gasteiger partial charge in [-0.3, -0.25) is 0 Å². The van der Waals surface area contributed by atoms with Crippen molar-refractivity contribution >= 4 is 15.9 Å². The average molecular weight is 283 g/mol. The number of phenols is 1. The summed E-state index contributed by atoms with van der Waals surface area (Å²) in [5.41, 5.74) is 2.29. The van der Waals surface area contributed by atoms with E-state index in [1.807, 2.05) is 6.07 Å². The van der Waals surface area contributed by atoms with Gasteiger partial charge in [-0.1, -0.05) is 25.8 Å². The van der Waals surface area contributed by atoms with Crippen LogP contribution >= 0.6 is 15.9 Å². The number of hydrogen-bond acceptors (Lipinski definition) is 1. The minimum atomic E-state index is 0.424. The molecule has 0 spiro atoms. The number of aromatic hydroxyl groups is 1. The quantitative estimate of drug-likeness (QED) is 0.866. The summed E-state index contributed by atoms with van der Waals surface area (Å²) in [6, 6.07) is 4.06. The van der Waals surface area contributed by atoms with Crippen LogP contribution in [0, 0.1) is 18.8 Å². The highest BCUT2D eigenvalue weighted by Gasteiger charge is 2.24. The van der Waals surface area contributed by atoms with E-state index < -0.39 is 0 Å². The maximum Gasteiger partial charge on any atom is 0.132 e. The van der Waals surface area contributed by atoms with Crippen LogP contribution in [0.2, 0.25) is 0 Å². The molecule has 1 nitrogen and oxygen atoms in total. The molecular formula is C14H19BrO. The standard InChI is InChI=1S/C14H19BrO/c1-9(5-11-3-4-11)6-12-7-10(2)8-13(15)14(12)16/h7-9,11,16H,3-6H2,1-2H3. The zero-order valence-electron chi connectivity index (χ0n) is 9.96. The molecule has 1 saturated carbocycles. The van der Waals surface area contributed by atoms with E-state index in [1.54, 1.807) is 0 Å². The van der Waals surface area contributed by atoms with Gasteiger partial charge in [0, 0.05) is 0 Å². The van der Waals surface area contributed by atoms with Crippen molar-refractivity contribution in [3.8, 4) is 5.75 Å². The van der Waals surface area contributed by atoms with E-state index in [0.29, 0.717) is 11.7 Å². The Balaban J connectivity index is 2.07. The minimum Gasteiger partial charge on any atom is -0.506 e. The molecule has 1 aromatic carbocycles. The first kappa shape index (κ1) is 12.0. The van der Waals surface area contributed by atoms with E-state index in [2.05, 4.69) is 35.8 Å². The summed E-state index contributed by atoms with van der Waals surface area (Å²) in [6.45, 7) is 4.35. The SMILES string of the molecule is Cc1cc(Br)c(O)c(CC(C)CC2CC2)c1. The summed E-state index contributed by atoms with van der Waals surface area (Å²) >= 11 is 3.40. The lowest BCUT2D eigenvalue weighted by atomic mass is 9.94. The van der Waals surface area contributed by atoms with E-state index in [-0.39, 0.29) is 0 Å². The fourth-order valence-electron chi connectivity index (χ4n) is 2.34. The van der Waals surface area contributed by atoms with E-state index in [1.165, 1.54) is 24.8 Å². The Kier molecular flexibility index (Phi) is 3.58. The summed E-state index contributed by atoms with van der Waals surface area (Å²) in [4.78, 5) is 0. The van der Waals surface area contributed by atoms with Crippen LogP contribution in [-0.2, 0) is 6.42 Å².